The van der Waals surface area contributed by atoms with E-state index in [1.807, 2.05) is 18.2 Å². The number of hydrogen-bond acceptors (Lipinski definition) is 8. The molecule has 12 heteroatoms. The largest absolute Gasteiger partial charge is 0.468 e. The van der Waals surface area contributed by atoms with Gasteiger partial charge in [0.1, 0.15) is 29.7 Å². The van der Waals surface area contributed by atoms with Crippen molar-refractivity contribution in [2.45, 2.75) is 19.0 Å². The van der Waals surface area contributed by atoms with Crippen molar-refractivity contribution >= 4 is 62.6 Å². The van der Waals surface area contributed by atoms with Crippen LogP contribution in [0, 0.1) is 0 Å². The van der Waals surface area contributed by atoms with Crippen LogP contribution in [0.4, 0.5) is 15.6 Å². The van der Waals surface area contributed by atoms with Gasteiger partial charge in [0.15, 0.2) is 0 Å². The quantitative estimate of drug-likeness (QED) is 0.509. The lowest BCUT2D eigenvalue weighted by atomic mass is 10.1. The number of nitrogens with zero attached hydrogens (tertiary/aromatic N) is 4. The van der Waals surface area contributed by atoms with Crippen molar-refractivity contribution < 1.29 is 19.1 Å². The lowest BCUT2D eigenvalue weighted by Gasteiger charge is -2.27. The topological polar surface area (TPSA) is 131 Å². The van der Waals surface area contributed by atoms with Crippen LogP contribution in [0.2, 0.25) is 4.34 Å². The van der Waals surface area contributed by atoms with Gasteiger partial charge in [-0.15, -0.1) is 11.3 Å². The third-order valence-electron chi connectivity index (χ3n) is 5.31. The summed E-state index contributed by atoms with van der Waals surface area (Å²) in [6.07, 6.45) is 1.83. The first-order chi connectivity index (χ1) is 15.9. The number of likely N-dealkylation sites (tertiary alicyclic amines) is 1. The molecule has 1 aliphatic heterocycles. The number of nitrogens with two attached hydrogens (primary N) is 1. The zero-order chi connectivity index (χ0) is 23.5. The Bertz CT molecular complexity index is 1220. The minimum Gasteiger partial charge on any atom is -0.468 e. The third kappa shape index (κ3) is 4.83. The van der Waals surface area contributed by atoms with Gasteiger partial charge in [0.2, 0.25) is 5.91 Å². The van der Waals surface area contributed by atoms with Crippen molar-refractivity contribution in [2.24, 2.45) is 0 Å². The number of esters is 1. The molecule has 0 aliphatic carbocycles. The molecule has 172 valence electrons. The number of halogens is 1. The van der Waals surface area contributed by atoms with Crippen molar-refractivity contribution in [3.05, 3.63) is 46.6 Å². The lowest BCUT2D eigenvalue weighted by Crippen LogP contribution is -2.50. The summed E-state index contributed by atoms with van der Waals surface area (Å²) in [5.41, 5.74) is 7.46. The van der Waals surface area contributed by atoms with E-state index in [0.29, 0.717) is 40.2 Å². The Hall–Kier alpha value is -3.44. The Balaban J connectivity index is 1.53. The van der Waals surface area contributed by atoms with Crippen LogP contribution in [-0.2, 0) is 20.9 Å². The molecule has 1 atom stereocenters. The molecule has 0 bridgehead atoms. The van der Waals surface area contributed by atoms with E-state index in [0.717, 1.165) is 10.9 Å². The minimum absolute atomic E-state index is 0.199. The number of thiophene rings is 1. The number of carbonyl (C=O) groups is 3. The number of fused-ring (bicyclic) bond motifs is 1. The average molecular weight is 489 g/mol. The molecular weight excluding hydrogens is 468 g/mol. The second-order valence-electron chi connectivity index (χ2n) is 7.36. The summed E-state index contributed by atoms with van der Waals surface area (Å²) >= 11 is 7.25. The van der Waals surface area contributed by atoms with Crippen LogP contribution in [0.25, 0.3) is 10.9 Å². The molecule has 1 aliphatic rings. The van der Waals surface area contributed by atoms with E-state index in [9.17, 15) is 14.4 Å². The van der Waals surface area contributed by atoms with Gasteiger partial charge in [-0.3, -0.25) is 14.5 Å². The van der Waals surface area contributed by atoms with Gasteiger partial charge in [0.05, 0.1) is 17.0 Å². The molecule has 3 heterocycles. The Labute approximate surface area is 198 Å². The fourth-order valence-electron chi connectivity index (χ4n) is 3.70. The van der Waals surface area contributed by atoms with Gasteiger partial charge in [-0.05, 0) is 36.2 Å². The zero-order valence-corrected chi connectivity index (χ0v) is 19.2. The maximum absolute atomic E-state index is 13.3. The van der Waals surface area contributed by atoms with E-state index < -0.39 is 18.0 Å². The number of aromatic nitrogens is 2. The van der Waals surface area contributed by atoms with Crippen molar-refractivity contribution in [3.63, 3.8) is 0 Å². The number of amides is 3. The molecule has 0 saturated carbocycles. The lowest BCUT2D eigenvalue weighted by molar-refractivity contribution is -0.139. The Kier molecular flexibility index (Phi) is 6.61. The van der Waals surface area contributed by atoms with E-state index in [2.05, 4.69) is 20.0 Å². The predicted molar refractivity (Wildman–Crippen MR) is 125 cm³/mol. The monoisotopic (exact) mass is 488 g/mol. The summed E-state index contributed by atoms with van der Waals surface area (Å²) in [4.78, 5) is 48.9. The predicted octanol–water partition coefficient (Wildman–Crippen LogP) is 2.42. The van der Waals surface area contributed by atoms with Gasteiger partial charge in [-0.25, -0.2) is 14.8 Å². The van der Waals surface area contributed by atoms with Gasteiger partial charge in [0, 0.05) is 18.5 Å². The number of methoxy groups -OCH3 is 1. The maximum atomic E-state index is 13.3. The maximum Gasteiger partial charge on any atom is 0.325 e. The molecule has 3 aromatic rings. The van der Waals surface area contributed by atoms with Crippen LogP contribution in [0.15, 0.2) is 36.7 Å². The van der Waals surface area contributed by atoms with Gasteiger partial charge in [-0.2, -0.15) is 0 Å². The number of urea groups is 1. The molecule has 0 unspecified atom stereocenters. The molecule has 1 fully saturated rings. The van der Waals surface area contributed by atoms with Crippen LogP contribution < -0.4 is 16.0 Å². The highest BCUT2D eigenvalue weighted by atomic mass is 35.5. The molecule has 3 amide bonds. The molecule has 3 N–H and O–H groups in total. The first-order valence-electron chi connectivity index (χ1n) is 10.0. The second kappa shape index (κ2) is 9.59. The number of ether oxygens (including phenoxy) is 1. The minimum atomic E-state index is -0.726. The normalized spacial score (nSPS) is 15.6. The number of rotatable bonds is 6. The Morgan fingerprint density at radius 2 is 2.15 bits per heavy atom. The fourth-order valence-corrected chi connectivity index (χ4v) is 4.78. The highest BCUT2D eigenvalue weighted by Crippen LogP contribution is 2.33. The number of nitrogen functional groups attached to an aromatic ring is 1. The van der Waals surface area contributed by atoms with Gasteiger partial charge in [0.25, 0.3) is 0 Å². The standard InChI is InChI=1S/C21H21ClN6O4S/c1-32-18(29)9-24-21(31)28(17-5-4-16(22)33-17)15-6-7-27(20(15)30)10-12-2-3-13-14(8-12)25-11-26-19(13)23/h2-5,8,11,15H,6-7,9-10H2,1H3,(H,24,31)(H2,23,25,26)/t15-/m0/s1. The summed E-state index contributed by atoms with van der Waals surface area (Å²) in [5.74, 6) is -0.394. The summed E-state index contributed by atoms with van der Waals surface area (Å²) in [7, 11) is 1.23. The smallest absolute Gasteiger partial charge is 0.325 e. The molecule has 0 radical (unpaired) electrons. The SMILES string of the molecule is COC(=O)CNC(=O)N(c1ccc(Cl)s1)[C@H]1CCN(Cc2ccc3c(N)ncnc3c2)C1=O. The number of nitrogens with one attached hydrogen (secondary N) is 1. The van der Waals surface area contributed by atoms with E-state index in [-0.39, 0.29) is 12.5 Å². The van der Waals surface area contributed by atoms with E-state index in [1.165, 1.54) is 29.7 Å². The molecule has 1 aromatic carbocycles. The number of anilines is 2. The van der Waals surface area contributed by atoms with Gasteiger partial charge >= 0.3 is 12.0 Å². The van der Waals surface area contributed by atoms with E-state index >= 15 is 0 Å². The van der Waals surface area contributed by atoms with Crippen LogP contribution in [0.3, 0.4) is 0 Å². The number of carbonyl (C=O) groups excluding carboxylic acids is 3. The highest BCUT2D eigenvalue weighted by Gasteiger charge is 2.39. The summed E-state index contributed by atoms with van der Waals surface area (Å²) in [5, 5.41) is 3.77. The highest BCUT2D eigenvalue weighted by molar-refractivity contribution is 7.20. The molecule has 10 nitrogen and oxygen atoms in total. The van der Waals surface area contributed by atoms with E-state index in [4.69, 9.17) is 17.3 Å². The van der Waals surface area contributed by atoms with Crippen LogP contribution in [0.5, 0.6) is 0 Å². The molecule has 0 spiro atoms. The van der Waals surface area contributed by atoms with Crippen molar-refractivity contribution in [1.82, 2.24) is 20.2 Å². The fraction of sp³-hybridized carbons (Fsp3) is 0.286. The van der Waals surface area contributed by atoms with Crippen molar-refractivity contribution in [3.8, 4) is 0 Å². The molecule has 4 rings (SSSR count). The van der Waals surface area contributed by atoms with Gasteiger partial charge in [-0.1, -0.05) is 17.7 Å². The Morgan fingerprint density at radius 3 is 2.88 bits per heavy atom. The molecular formula is C21H21ClN6O4S. The summed E-state index contributed by atoms with van der Waals surface area (Å²) in [6, 6.07) is 7.61. The third-order valence-corrected chi connectivity index (χ3v) is 6.54. The van der Waals surface area contributed by atoms with Gasteiger partial charge < -0.3 is 20.7 Å². The summed E-state index contributed by atoms with van der Waals surface area (Å²) < 4.78 is 5.06. The average Bonchev–Trinajstić information content (AvgIpc) is 3.38. The summed E-state index contributed by atoms with van der Waals surface area (Å²) in [6.45, 7) is 0.517. The van der Waals surface area contributed by atoms with Crippen LogP contribution >= 0.6 is 22.9 Å². The molecule has 1 saturated heterocycles. The van der Waals surface area contributed by atoms with E-state index in [1.54, 1.807) is 17.0 Å². The van der Waals surface area contributed by atoms with Crippen LogP contribution in [-0.4, -0.2) is 59.0 Å². The molecule has 2 aromatic heterocycles. The number of hydrogen-bond donors (Lipinski definition) is 2. The zero-order valence-electron chi connectivity index (χ0n) is 17.7. The van der Waals surface area contributed by atoms with Crippen molar-refractivity contribution in [1.29, 1.82) is 0 Å². The molecule has 33 heavy (non-hydrogen) atoms. The first-order valence-corrected chi connectivity index (χ1v) is 11.2. The second-order valence-corrected chi connectivity index (χ2v) is 9.05. The Morgan fingerprint density at radius 1 is 1.33 bits per heavy atom. The number of benzene rings is 1. The van der Waals surface area contributed by atoms with Crippen LogP contribution in [0.1, 0.15) is 12.0 Å². The first kappa shape index (κ1) is 22.7. The van der Waals surface area contributed by atoms with Crippen molar-refractivity contribution in [2.75, 3.05) is 30.8 Å².